The van der Waals surface area contributed by atoms with Gasteiger partial charge in [0.15, 0.2) is 5.69 Å². The fourth-order valence-electron chi connectivity index (χ4n) is 1.59. The SMILES string of the molecule is CCCNC(=O)CCNC(=O)c1nc(C(C)C)ncc1N. The molecular weight excluding hydrogens is 270 g/mol. The highest BCUT2D eigenvalue weighted by Crippen LogP contribution is 2.13. The highest BCUT2D eigenvalue weighted by atomic mass is 16.2. The second kappa shape index (κ2) is 8.18. The number of nitrogens with zero attached hydrogens (tertiary/aromatic N) is 2. The van der Waals surface area contributed by atoms with E-state index in [1.54, 1.807) is 0 Å². The Labute approximate surface area is 124 Å². The molecule has 1 heterocycles. The molecule has 1 aromatic heterocycles. The van der Waals surface area contributed by atoms with Gasteiger partial charge in [0.2, 0.25) is 5.91 Å². The molecule has 7 heteroatoms. The van der Waals surface area contributed by atoms with E-state index in [1.165, 1.54) is 6.20 Å². The number of aromatic nitrogens is 2. The van der Waals surface area contributed by atoms with E-state index >= 15 is 0 Å². The molecule has 2 amide bonds. The Balaban J connectivity index is 2.56. The molecular formula is C14H23N5O2. The molecule has 0 radical (unpaired) electrons. The Morgan fingerprint density at radius 2 is 2.00 bits per heavy atom. The van der Waals surface area contributed by atoms with Crippen LogP contribution >= 0.6 is 0 Å². The smallest absolute Gasteiger partial charge is 0.272 e. The lowest BCUT2D eigenvalue weighted by Gasteiger charge is -2.09. The average Bonchev–Trinajstić information content (AvgIpc) is 2.45. The van der Waals surface area contributed by atoms with Crippen LogP contribution in [0.2, 0.25) is 0 Å². The molecule has 0 unspecified atom stereocenters. The predicted octanol–water partition coefficient (Wildman–Crippen LogP) is 0.828. The van der Waals surface area contributed by atoms with E-state index in [-0.39, 0.29) is 42.1 Å². The molecule has 1 aromatic rings. The molecule has 0 aromatic carbocycles. The maximum Gasteiger partial charge on any atom is 0.272 e. The summed E-state index contributed by atoms with van der Waals surface area (Å²) in [5.74, 6) is 0.197. The summed E-state index contributed by atoms with van der Waals surface area (Å²) in [7, 11) is 0. The molecule has 0 saturated heterocycles. The molecule has 0 aliphatic carbocycles. The van der Waals surface area contributed by atoms with Crippen molar-refractivity contribution in [2.24, 2.45) is 0 Å². The molecule has 0 fully saturated rings. The van der Waals surface area contributed by atoms with Crippen molar-refractivity contribution in [2.75, 3.05) is 18.8 Å². The van der Waals surface area contributed by atoms with E-state index in [1.807, 2.05) is 20.8 Å². The van der Waals surface area contributed by atoms with Crippen LogP contribution in [0.3, 0.4) is 0 Å². The van der Waals surface area contributed by atoms with Crippen LogP contribution in [0.25, 0.3) is 0 Å². The Morgan fingerprint density at radius 3 is 2.62 bits per heavy atom. The molecule has 1 rings (SSSR count). The number of nitrogens with two attached hydrogens (primary N) is 1. The van der Waals surface area contributed by atoms with E-state index in [4.69, 9.17) is 5.73 Å². The van der Waals surface area contributed by atoms with Gasteiger partial charge in [0.25, 0.3) is 5.91 Å². The van der Waals surface area contributed by atoms with Crippen molar-refractivity contribution in [3.63, 3.8) is 0 Å². The topological polar surface area (TPSA) is 110 Å². The van der Waals surface area contributed by atoms with Crippen molar-refractivity contribution in [1.29, 1.82) is 0 Å². The van der Waals surface area contributed by atoms with E-state index in [0.717, 1.165) is 6.42 Å². The zero-order valence-electron chi connectivity index (χ0n) is 12.8. The first-order valence-corrected chi connectivity index (χ1v) is 7.13. The first-order chi connectivity index (χ1) is 9.95. The second-order valence-corrected chi connectivity index (χ2v) is 5.04. The fourth-order valence-corrected chi connectivity index (χ4v) is 1.59. The van der Waals surface area contributed by atoms with Crippen molar-refractivity contribution in [3.8, 4) is 0 Å². The van der Waals surface area contributed by atoms with Gasteiger partial charge in [0.05, 0.1) is 11.9 Å². The van der Waals surface area contributed by atoms with Gasteiger partial charge in [-0.05, 0) is 6.42 Å². The van der Waals surface area contributed by atoms with Crippen molar-refractivity contribution < 1.29 is 9.59 Å². The number of carbonyl (C=O) groups excluding carboxylic acids is 2. The van der Waals surface area contributed by atoms with Crippen LogP contribution in [0.5, 0.6) is 0 Å². The lowest BCUT2D eigenvalue weighted by atomic mass is 10.2. The van der Waals surface area contributed by atoms with Crippen molar-refractivity contribution in [3.05, 3.63) is 17.7 Å². The Bertz CT molecular complexity index is 502. The molecule has 4 N–H and O–H groups in total. The first kappa shape index (κ1) is 16.9. The quantitative estimate of drug-likeness (QED) is 0.689. The summed E-state index contributed by atoms with van der Waals surface area (Å²) in [5.41, 5.74) is 6.11. The zero-order chi connectivity index (χ0) is 15.8. The summed E-state index contributed by atoms with van der Waals surface area (Å²) in [6, 6.07) is 0. The normalized spacial score (nSPS) is 10.5. The average molecular weight is 293 g/mol. The molecule has 0 spiro atoms. The summed E-state index contributed by atoms with van der Waals surface area (Å²) >= 11 is 0. The van der Waals surface area contributed by atoms with E-state index in [9.17, 15) is 9.59 Å². The molecule has 21 heavy (non-hydrogen) atoms. The summed E-state index contributed by atoms with van der Waals surface area (Å²) in [5, 5.41) is 5.38. The third kappa shape index (κ3) is 5.37. The summed E-state index contributed by atoms with van der Waals surface area (Å²) in [6.45, 7) is 6.74. The number of rotatable bonds is 7. The maximum atomic E-state index is 12.0. The Hall–Kier alpha value is -2.18. The van der Waals surface area contributed by atoms with Crippen LogP contribution in [-0.4, -0.2) is 34.9 Å². The van der Waals surface area contributed by atoms with Gasteiger partial charge in [-0.2, -0.15) is 0 Å². The minimum atomic E-state index is -0.389. The van der Waals surface area contributed by atoms with Gasteiger partial charge in [0.1, 0.15) is 5.82 Å². The standard InChI is InChI=1S/C14H23N5O2/c1-4-6-16-11(20)5-7-17-14(21)12-10(15)8-18-13(19-12)9(2)3/h8-9H,4-7,15H2,1-3H3,(H,16,20)(H,17,21). The largest absolute Gasteiger partial charge is 0.396 e. The number of amides is 2. The van der Waals surface area contributed by atoms with Gasteiger partial charge in [-0.15, -0.1) is 0 Å². The van der Waals surface area contributed by atoms with Gasteiger partial charge in [-0.3, -0.25) is 9.59 Å². The van der Waals surface area contributed by atoms with Gasteiger partial charge in [-0.25, -0.2) is 9.97 Å². The molecule has 0 atom stereocenters. The van der Waals surface area contributed by atoms with Gasteiger partial charge >= 0.3 is 0 Å². The van der Waals surface area contributed by atoms with Crippen LogP contribution < -0.4 is 16.4 Å². The summed E-state index contributed by atoms with van der Waals surface area (Å²) in [4.78, 5) is 31.7. The lowest BCUT2D eigenvalue weighted by Crippen LogP contribution is -2.32. The van der Waals surface area contributed by atoms with E-state index in [0.29, 0.717) is 12.4 Å². The maximum absolute atomic E-state index is 12.0. The Morgan fingerprint density at radius 1 is 1.29 bits per heavy atom. The third-order valence-corrected chi connectivity index (χ3v) is 2.78. The van der Waals surface area contributed by atoms with E-state index < -0.39 is 0 Å². The fraction of sp³-hybridized carbons (Fsp3) is 0.571. The molecule has 0 saturated carbocycles. The molecule has 0 aliphatic rings. The summed E-state index contributed by atoms with van der Waals surface area (Å²) in [6.07, 6.45) is 2.55. The highest BCUT2D eigenvalue weighted by molar-refractivity contribution is 5.97. The molecule has 0 bridgehead atoms. The third-order valence-electron chi connectivity index (χ3n) is 2.78. The zero-order valence-corrected chi connectivity index (χ0v) is 12.8. The number of nitrogen functional groups attached to an aromatic ring is 1. The van der Waals surface area contributed by atoms with Crippen LogP contribution in [0.1, 0.15) is 55.8 Å². The van der Waals surface area contributed by atoms with Crippen molar-refractivity contribution >= 4 is 17.5 Å². The molecule has 7 nitrogen and oxygen atoms in total. The van der Waals surface area contributed by atoms with Crippen LogP contribution in [0, 0.1) is 0 Å². The van der Waals surface area contributed by atoms with Crippen LogP contribution in [0.4, 0.5) is 5.69 Å². The number of hydrogen-bond donors (Lipinski definition) is 3. The number of hydrogen-bond acceptors (Lipinski definition) is 5. The summed E-state index contributed by atoms with van der Waals surface area (Å²) < 4.78 is 0. The number of nitrogens with one attached hydrogen (secondary N) is 2. The molecule has 0 aliphatic heterocycles. The lowest BCUT2D eigenvalue weighted by molar-refractivity contribution is -0.120. The number of anilines is 1. The monoisotopic (exact) mass is 293 g/mol. The number of carbonyl (C=O) groups is 2. The highest BCUT2D eigenvalue weighted by Gasteiger charge is 2.14. The predicted molar refractivity (Wildman–Crippen MR) is 80.8 cm³/mol. The second-order valence-electron chi connectivity index (χ2n) is 5.04. The first-order valence-electron chi connectivity index (χ1n) is 7.13. The van der Waals surface area contributed by atoms with Crippen molar-refractivity contribution in [2.45, 2.75) is 39.5 Å². The minimum Gasteiger partial charge on any atom is -0.396 e. The van der Waals surface area contributed by atoms with Gasteiger partial charge in [0, 0.05) is 25.4 Å². The molecule has 116 valence electrons. The van der Waals surface area contributed by atoms with Crippen LogP contribution in [-0.2, 0) is 4.79 Å². The van der Waals surface area contributed by atoms with Crippen molar-refractivity contribution in [1.82, 2.24) is 20.6 Å². The van der Waals surface area contributed by atoms with Crippen LogP contribution in [0.15, 0.2) is 6.20 Å². The van der Waals surface area contributed by atoms with Gasteiger partial charge < -0.3 is 16.4 Å². The van der Waals surface area contributed by atoms with E-state index in [2.05, 4.69) is 20.6 Å². The Kier molecular flexibility index (Phi) is 6.58. The van der Waals surface area contributed by atoms with Gasteiger partial charge in [-0.1, -0.05) is 20.8 Å². The minimum absolute atomic E-state index is 0.0873.